The topological polar surface area (TPSA) is 80.0 Å². The SMILES string of the molecule is NC1CCC(NC(=O)c2cccnc2Nc2ccccc2F)CC1. The van der Waals surface area contributed by atoms with Crippen molar-refractivity contribution in [2.24, 2.45) is 5.73 Å². The Hall–Kier alpha value is -2.47. The lowest BCUT2D eigenvalue weighted by Gasteiger charge is -2.27. The average molecular weight is 328 g/mol. The Balaban J connectivity index is 1.74. The standard InChI is InChI=1S/C18H21FN4O/c19-15-5-1-2-6-16(15)23-17-14(4-3-11-21-17)18(24)22-13-9-7-12(20)8-10-13/h1-6,11-13H,7-10,20H2,(H,21,23)(H,22,24). The number of nitrogens with one attached hydrogen (secondary N) is 2. The number of halogens is 1. The zero-order chi connectivity index (χ0) is 16.9. The minimum absolute atomic E-state index is 0.124. The van der Waals surface area contributed by atoms with Crippen molar-refractivity contribution in [3.8, 4) is 0 Å². The van der Waals surface area contributed by atoms with E-state index in [0.717, 1.165) is 25.7 Å². The van der Waals surface area contributed by atoms with E-state index in [4.69, 9.17) is 5.73 Å². The molecule has 24 heavy (non-hydrogen) atoms. The van der Waals surface area contributed by atoms with Crippen molar-refractivity contribution in [2.75, 3.05) is 5.32 Å². The van der Waals surface area contributed by atoms with E-state index < -0.39 is 5.82 Å². The second-order valence-electron chi connectivity index (χ2n) is 6.09. The van der Waals surface area contributed by atoms with Crippen LogP contribution < -0.4 is 16.4 Å². The quantitative estimate of drug-likeness (QED) is 0.806. The molecule has 0 aliphatic heterocycles. The number of para-hydroxylation sites is 1. The number of pyridine rings is 1. The fraction of sp³-hybridized carbons (Fsp3) is 0.333. The van der Waals surface area contributed by atoms with Gasteiger partial charge in [0.15, 0.2) is 0 Å². The number of hydrogen-bond donors (Lipinski definition) is 3. The van der Waals surface area contributed by atoms with Gasteiger partial charge in [-0.3, -0.25) is 4.79 Å². The van der Waals surface area contributed by atoms with Crippen molar-refractivity contribution < 1.29 is 9.18 Å². The summed E-state index contributed by atoms with van der Waals surface area (Å²) in [7, 11) is 0. The molecular formula is C18H21FN4O. The first-order valence-corrected chi connectivity index (χ1v) is 8.16. The van der Waals surface area contributed by atoms with Gasteiger partial charge in [-0.25, -0.2) is 9.37 Å². The first kappa shape index (κ1) is 16.4. The molecular weight excluding hydrogens is 307 g/mol. The van der Waals surface area contributed by atoms with Gasteiger partial charge in [-0.1, -0.05) is 12.1 Å². The van der Waals surface area contributed by atoms with Gasteiger partial charge in [0.1, 0.15) is 11.6 Å². The predicted octanol–water partition coefficient (Wildman–Crippen LogP) is 2.96. The van der Waals surface area contributed by atoms with Crippen LogP contribution in [-0.4, -0.2) is 23.0 Å². The van der Waals surface area contributed by atoms with E-state index in [1.165, 1.54) is 6.07 Å². The number of rotatable bonds is 4. The van der Waals surface area contributed by atoms with E-state index in [-0.39, 0.29) is 23.7 Å². The molecule has 1 aliphatic carbocycles. The van der Waals surface area contributed by atoms with E-state index in [2.05, 4.69) is 15.6 Å². The lowest BCUT2D eigenvalue weighted by Crippen LogP contribution is -2.40. The zero-order valence-corrected chi connectivity index (χ0v) is 13.3. The highest BCUT2D eigenvalue weighted by Gasteiger charge is 2.22. The van der Waals surface area contributed by atoms with Gasteiger partial charge in [0, 0.05) is 18.3 Å². The highest BCUT2D eigenvalue weighted by atomic mass is 19.1. The number of aromatic nitrogens is 1. The van der Waals surface area contributed by atoms with Crippen LogP contribution >= 0.6 is 0 Å². The summed E-state index contributed by atoms with van der Waals surface area (Å²) in [5.41, 5.74) is 6.58. The second-order valence-corrected chi connectivity index (χ2v) is 6.09. The molecule has 1 saturated carbocycles. The number of anilines is 2. The molecule has 1 fully saturated rings. The summed E-state index contributed by atoms with van der Waals surface area (Å²) in [6.45, 7) is 0. The third-order valence-electron chi connectivity index (χ3n) is 4.29. The number of hydrogen-bond acceptors (Lipinski definition) is 4. The van der Waals surface area contributed by atoms with Crippen LogP contribution in [0, 0.1) is 5.82 Å². The molecule has 1 aromatic carbocycles. The first-order chi connectivity index (χ1) is 11.6. The largest absolute Gasteiger partial charge is 0.349 e. The van der Waals surface area contributed by atoms with Gasteiger partial charge < -0.3 is 16.4 Å². The molecule has 0 spiro atoms. The van der Waals surface area contributed by atoms with Crippen LogP contribution in [0.15, 0.2) is 42.6 Å². The van der Waals surface area contributed by atoms with Crippen molar-refractivity contribution in [3.63, 3.8) is 0 Å². The highest BCUT2D eigenvalue weighted by molar-refractivity contribution is 5.99. The average Bonchev–Trinajstić information content (AvgIpc) is 2.59. The van der Waals surface area contributed by atoms with Crippen LogP contribution in [0.1, 0.15) is 36.0 Å². The van der Waals surface area contributed by atoms with Crippen LogP contribution in [0.25, 0.3) is 0 Å². The monoisotopic (exact) mass is 328 g/mol. The fourth-order valence-corrected chi connectivity index (χ4v) is 2.90. The van der Waals surface area contributed by atoms with E-state index in [9.17, 15) is 9.18 Å². The van der Waals surface area contributed by atoms with E-state index >= 15 is 0 Å². The minimum atomic E-state index is -0.393. The molecule has 1 amide bonds. The van der Waals surface area contributed by atoms with E-state index in [1.54, 1.807) is 36.5 Å². The van der Waals surface area contributed by atoms with Gasteiger partial charge >= 0.3 is 0 Å². The van der Waals surface area contributed by atoms with Crippen molar-refractivity contribution in [1.82, 2.24) is 10.3 Å². The van der Waals surface area contributed by atoms with Crippen molar-refractivity contribution in [3.05, 3.63) is 54.0 Å². The Morgan fingerprint density at radius 1 is 1.12 bits per heavy atom. The summed E-state index contributed by atoms with van der Waals surface area (Å²) in [4.78, 5) is 16.8. The molecule has 0 radical (unpaired) electrons. The maximum atomic E-state index is 13.8. The third kappa shape index (κ3) is 3.89. The summed E-state index contributed by atoms with van der Waals surface area (Å²) in [6.07, 6.45) is 5.16. The maximum absolute atomic E-state index is 13.8. The number of nitrogens with two attached hydrogens (primary N) is 1. The van der Waals surface area contributed by atoms with Crippen molar-refractivity contribution in [2.45, 2.75) is 37.8 Å². The summed E-state index contributed by atoms with van der Waals surface area (Å²) >= 11 is 0. The summed E-state index contributed by atoms with van der Waals surface area (Å²) < 4.78 is 13.8. The number of carbonyl (C=O) groups is 1. The Kier molecular flexibility index (Phi) is 5.05. The minimum Gasteiger partial charge on any atom is -0.349 e. The molecule has 1 aromatic heterocycles. The van der Waals surface area contributed by atoms with Gasteiger partial charge in [-0.15, -0.1) is 0 Å². The van der Waals surface area contributed by atoms with Crippen LogP contribution in [0.3, 0.4) is 0 Å². The van der Waals surface area contributed by atoms with Crippen LogP contribution in [0.4, 0.5) is 15.9 Å². The molecule has 1 aliphatic rings. The molecule has 126 valence electrons. The summed E-state index contributed by atoms with van der Waals surface area (Å²) in [5, 5.41) is 5.93. The molecule has 5 nitrogen and oxygen atoms in total. The molecule has 0 saturated heterocycles. The summed E-state index contributed by atoms with van der Waals surface area (Å²) in [5.74, 6) is -0.259. The predicted molar refractivity (Wildman–Crippen MR) is 91.6 cm³/mol. The van der Waals surface area contributed by atoms with Gasteiger partial charge in [-0.05, 0) is 49.9 Å². The molecule has 4 N–H and O–H groups in total. The van der Waals surface area contributed by atoms with Gasteiger partial charge in [0.25, 0.3) is 5.91 Å². The van der Waals surface area contributed by atoms with Gasteiger partial charge in [0.05, 0.1) is 11.3 Å². The maximum Gasteiger partial charge on any atom is 0.255 e. The lowest BCUT2D eigenvalue weighted by atomic mass is 9.91. The smallest absolute Gasteiger partial charge is 0.255 e. The molecule has 3 rings (SSSR count). The van der Waals surface area contributed by atoms with Crippen LogP contribution in [0.5, 0.6) is 0 Å². The number of carbonyl (C=O) groups excluding carboxylic acids is 1. The zero-order valence-electron chi connectivity index (χ0n) is 13.3. The Labute approximate surface area is 140 Å². The molecule has 0 unspecified atom stereocenters. The molecule has 1 heterocycles. The van der Waals surface area contributed by atoms with E-state index in [1.807, 2.05) is 0 Å². The third-order valence-corrected chi connectivity index (χ3v) is 4.29. The van der Waals surface area contributed by atoms with Gasteiger partial charge in [-0.2, -0.15) is 0 Å². The molecule has 6 heteroatoms. The number of benzene rings is 1. The van der Waals surface area contributed by atoms with Crippen molar-refractivity contribution >= 4 is 17.4 Å². The Morgan fingerprint density at radius 3 is 2.62 bits per heavy atom. The second kappa shape index (κ2) is 7.40. The number of amides is 1. The Bertz CT molecular complexity index is 714. The van der Waals surface area contributed by atoms with Gasteiger partial charge in [0.2, 0.25) is 0 Å². The normalized spacial score (nSPS) is 20.4. The highest BCUT2D eigenvalue weighted by Crippen LogP contribution is 2.22. The molecule has 0 atom stereocenters. The van der Waals surface area contributed by atoms with Crippen LogP contribution in [-0.2, 0) is 0 Å². The molecule has 2 aromatic rings. The fourth-order valence-electron chi connectivity index (χ4n) is 2.90. The lowest BCUT2D eigenvalue weighted by molar-refractivity contribution is 0.0926. The number of nitrogens with zero attached hydrogens (tertiary/aromatic N) is 1. The first-order valence-electron chi connectivity index (χ1n) is 8.16. The van der Waals surface area contributed by atoms with Crippen LogP contribution in [0.2, 0.25) is 0 Å². The van der Waals surface area contributed by atoms with E-state index in [0.29, 0.717) is 11.4 Å². The molecule has 0 bridgehead atoms. The Morgan fingerprint density at radius 2 is 1.88 bits per heavy atom. The van der Waals surface area contributed by atoms with Crippen molar-refractivity contribution in [1.29, 1.82) is 0 Å². The summed E-state index contributed by atoms with van der Waals surface area (Å²) in [6, 6.07) is 10.0.